The van der Waals surface area contributed by atoms with Crippen molar-refractivity contribution in [2.24, 2.45) is 5.92 Å². The van der Waals surface area contributed by atoms with Gasteiger partial charge in [-0.1, -0.05) is 6.92 Å². The summed E-state index contributed by atoms with van der Waals surface area (Å²) in [5.41, 5.74) is 0.468. The molecule has 0 saturated carbocycles. The number of hydrogen-bond acceptors (Lipinski definition) is 5. The smallest absolute Gasteiger partial charge is 0.323 e. The van der Waals surface area contributed by atoms with Gasteiger partial charge >= 0.3 is 5.97 Å². The molecule has 0 fully saturated rings. The minimum atomic E-state index is -1.08. The Balaban J connectivity index is 2.30. The maximum absolute atomic E-state index is 12.3. The van der Waals surface area contributed by atoms with Crippen LogP contribution < -0.4 is 14.4 Å². The maximum Gasteiger partial charge on any atom is 0.323 e. The molecule has 108 valence electrons. The van der Waals surface area contributed by atoms with Gasteiger partial charge < -0.3 is 19.5 Å². The zero-order valence-electron chi connectivity index (χ0n) is 10.9. The molecule has 1 aromatic rings. The molecule has 1 heterocycles. The lowest BCUT2D eigenvalue weighted by atomic mass is 10.1. The lowest BCUT2D eigenvalue weighted by Crippen LogP contribution is -2.39. The molecule has 1 amide bonds. The number of carbonyl (C=O) groups is 2. The molecule has 0 unspecified atom stereocenters. The second-order valence-electron chi connectivity index (χ2n) is 4.44. The van der Waals surface area contributed by atoms with Crippen molar-refractivity contribution in [1.82, 2.24) is 0 Å². The SMILES string of the molecule is C[C@@H](CS)C(=O)N(CC(=O)O)c1ccc2c(c1)OCO2. The van der Waals surface area contributed by atoms with Gasteiger partial charge in [0.05, 0.1) is 0 Å². The van der Waals surface area contributed by atoms with Gasteiger partial charge in [-0.05, 0) is 12.1 Å². The van der Waals surface area contributed by atoms with E-state index in [-0.39, 0.29) is 18.6 Å². The summed E-state index contributed by atoms with van der Waals surface area (Å²) < 4.78 is 10.4. The number of thiol groups is 1. The van der Waals surface area contributed by atoms with Crippen molar-refractivity contribution in [3.05, 3.63) is 18.2 Å². The van der Waals surface area contributed by atoms with Crippen molar-refractivity contribution in [3.8, 4) is 11.5 Å². The Morgan fingerprint density at radius 3 is 2.75 bits per heavy atom. The number of fused-ring (bicyclic) bond motifs is 1. The lowest BCUT2D eigenvalue weighted by Gasteiger charge is -2.23. The topological polar surface area (TPSA) is 76.1 Å². The van der Waals surface area contributed by atoms with Gasteiger partial charge in [0.1, 0.15) is 6.54 Å². The van der Waals surface area contributed by atoms with Crippen LogP contribution in [0.1, 0.15) is 6.92 Å². The van der Waals surface area contributed by atoms with Crippen LogP contribution in [0.25, 0.3) is 0 Å². The standard InChI is InChI=1S/C13H15NO5S/c1-8(6-20)13(17)14(5-12(15)16)9-2-3-10-11(4-9)19-7-18-10/h2-4,8,20H,5-7H2,1H3,(H,15,16)/t8-/m0/s1. The van der Waals surface area contributed by atoms with Crippen molar-refractivity contribution in [2.45, 2.75) is 6.92 Å². The number of hydrogen-bond donors (Lipinski definition) is 2. The number of amides is 1. The number of benzene rings is 1. The summed E-state index contributed by atoms with van der Waals surface area (Å²) in [5.74, 6) is -0.311. The molecule has 7 heteroatoms. The molecule has 0 spiro atoms. The van der Waals surface area contributed by atoms with Gasteiger partial charge in [0.15, 0.2) is 11.5 Å². The minimum Gasteiger partial charge on any atom is -0.480 e. The zero-order valence-corrected chi connectivity index (χ0v) is 11.8. The van der Waals surface area contributed by atoms with Crippen molar-refractivity contribution in [1.29, 1.82) is 0 Å². The van der Waals surface area contributed by atoms with Crippen LogP contribution in [0.4, 0.5) is 5.69 Å². The summed E-state index contributed by atoms with van der Waals surface area (Å²) in [6, 6.07) is 4.90. The van der Waals surface area contributed by atoms with E-state index < -0.39 is 12.5 Å². The van der Waals surface area contributed by atoms with E-state index in [4.69, 9.17) is 14.6 Å². The van der Waals surface area contributed by atoms with E-state index in [1.807, 2.05) is 0 Å². The number of carboxylic acid groups (broad SMARTS) is 1. The predicted molar refractivity (Wildman–Crippen MR) is 75.6 cm³/mol. The molecule has 0 aliphatic carbocycles. The van der Waals surface area contributed by atoms with Crippen LogP contribution in [-0.4, -0.2) is 36.1 Å². The van der Waals surface area contributed by atoms with Crippen molar-refractivity contribution in [2.75, 3.05) is 24.0 Å². The molecule has 0 radical (unpaired) electrons. The number of ether oxygens (including phenoxy) is 2. The van der Waals surface area contributed by atoms with Crippen LogP contribution in [0.3, 0.4) is 0 Å². The molecule has 1 aliphatic rings. The average molecular weight is 297 g/mol. The highest BCUT2D eigenvalue weighted by molar-refractivity contribution is 7.80. The van der Waals surface area contributed by atoms with E-state index >= 15 is 0 Å². The summed E-state index contributed by atoms with van der Waals surface area (Å²) in [4.78, 5) is 24.4. The van der Waals surface area contributed by atoms with Crippen LogP contribution in [0.5, 0.6) is 11.5 Å². The second kappa shape index (κ2) is 6.04. The quantitative estimate of drug-likeness (QED) is 0.803. The largest absolute Gasteiger partial charge is 0.480 e. The third-order valence-corrected chi connectivity index (χ3v) is 3.47. The van der Waals surface area contributed by atoms with Gasteiger partial charge in [0.2, 0.25) is 12.7 Å². The van der Waals surface area contributed by atoms with Gasteiger partial charge in [-0.3, -0.25) is 9.59 Å². The van der Waals surface area contributed by atoms with E-state index in [0.717, 1.165) is 0 Å². The molecular formula is C13H15NO5S. The van der Waals surface area contributed by atoms with Crippen LogP contribution in [0, 0.1) is 5.92 Å². The van der Waals surface area contributed by atoms with Gasteiger partial charge in [-0.2, -0.15) is 12.6 Å². The Kier molecular flexibility index (Phi) is 4.39. The van der Waals surface area contributed by atoms with Crippen LogP contribution >= 0.6 is 12.6 Å². The summed E-state index contributed by atoms with van der Waals surface area (Å²) in [5, 5.41) is 8.97. The number of nitrogens with zero attached hydrogens (tertiary/aromatic N) is 1. The molecule has 0 bridgehead atoms. The first-order chi connectivity index (χ1) is 9.52. The Morgan fingerprint density at radius 1 is 1.40 bits per heavy atom. The van der Waals surface area contributed by atoms with Crippen LogP contribution in [-0.2, 0) is 9.59 Å². The molecule has 1 aliphatic heterocycles. The third-order valence-electron chi connectivity index (χ3n) is 2.92. The average Bonchev–Trinajstić information content (AvgIpc) is 2.90. The third kappa shape index (κ3) is 2.98. The van der Waals surface area contributed by atoms with Crippen molar-refractivity contribution < 1.29 is 24.2 Å². The first-order valence-electron chi connectivity index (χ1n) is 6.06. The first kappa shape index (κ1) is 14.5. The molecule has 2 rings (SSSR count). The summed E-state index contributed by atoms with van der Waals surface area (Å²) in [6.07, 6.45) is 0. The molecule has 6 nitrogen and oxygen atoms in total. The van der Waals surface area contributed by atoms with Crippen molar-refractivity contribution >= 4 is 30.2 Å². The molecule has 0 saturated heterocycles. The Morgan fingerprint density at radius 2 is 2.10 bits per heavy atom. The summed E-state index contributed by atoms with van der Waals surface area (Å²) >= 11 is 4.08. The highest BCUT2D eigenvalue weighted by atomic mass is 32.1. The monoisotopic (exact) mass is 297 g/mol. The van der Waals surface area contributed by atoms with Gasteiger partial charge in [-0.15, -0.1) is 0 Å². The van der Waals surface area contributed by atoms with E-state index in [9.17, 15) is 9.59 Å². The fraction of sp³-hybridized carbons (Fsp3) is 0.385. The lowest BCUT2D eigenvalue weighted by molar-refractivity contribution is -0.137. The fourth-order valence-corrected chi connectivity index (χ4v) is 1.99. The van der Waals surface area contributed by atoms with E-state index in [1.165, 1.54) is 4.90 Å². The normalized spacial score (nSPS) is 13.9. The number of anilines is 1. The number of aliphatic carboxylic acids is 1. The highest BCUT2D eigenvalue weighted by Gasteiger charge is 2.25. The minimum absolute atomic E-state index is 0.124. The van der Waals surface area contributed by atoms with E-state index in [0.29, 0.717) is 22.9 Å². The molecule has 0 aromatic heterocycles. The molecular weight excluding hydrogens is 282 g/mol. The number of carboxylic acids is 1. The number of carbonyl (C=O) groups excluding carboxylic acids is 1. The molecule has 1 aromatic carbocycles. The van der Waals surface area contributed by atoms with E-state index in [2.05, 4.69) is 12.6 Å². The van der Waals surface area contributed by atoms with Crippen molar-refractivity contribution in [3.63, 3.8) is 0 Å². The fourth-order valence-electron chi connectivity index (χ4n) is 1.83. The Labute approximate surface area is 121 Å². The maximum atomic E-state index is 12.3. The van der Waals surface area contributed by atoms with Gasteiger partial charge in [0.25, 0.3) is 0 Å². The summed E-state index contributed by atoms with van der Waals surface area (Å²) in [7, 11) is 0. The Bertz CT molecular complexity index is 533. The summed E-state index contributed by atoms with van der Waals surface area (Å²) in [6.45, 7) is 1.42. The predicted octanol–water partition coefficient (Wildman–Crippen LogP) is 1.40. The highest BCUT2D eigenvalue weighted by Crippen LogP contribution is 2.35. The van der Waals surface area contributed by atoms with Gasteiger partial charge in [0, 0.05) is 23.4 Å². The molecule has 1 N–H and O–H groups in total. The van der Waals surface area contributed by atoms with Crippen LogP contribution in [0.15, 0.2) is 18.2 Å². The zero-order chi connectivity index (χ0) is 14.7. The molecule has 20 heavy (non-hydrogen) atoms. The van der Waals surface area contributed by atoms with Crippen LogP contribution in [0.2, 0.25) is 0 Å². The molecule has 1 atom stereocenters. The van der Waals surface area contributed by atoms with Gasteiger partial charge in [-0.25, -0.2) is 0 Å². The Hall–Kier alpha value is -1.89. The second-order valence-corrected chi connectivity index (χ2v) is 4.80. The first-order valence-corrected chi connectivity index (χ1v) is 6.70. The number of rotatable bonds is 5. The van der Waals surface area contributed by atoms with E-state index in [1.54, 1.807) is 25.1 Å².